The topological polar surface area (TPSA) is 107 Å². The zero-order chi connectivity index (χ0) is 16.6. The third-order valence-corrected chi connectivity index (χ3v) is 3.18. The number of hydrogen-bond acceptors (Lipinski definition) is 6. The molecule has 0 N–H and O–H groups in total. The minimum absolute atomic E-state index is 0. The van der Waals surface area contributed by atoms with Crippen LogP contribution in [0.3, 0.4) is 0 Å². The van der Waals surface area contributed by atoms with E-state index in [1.807, 2.05) is 0 Å². The van der Waals surface area contributed by atoms with Crippen LogP contribution in [-0.2, 0) is 19.4 Å². The predicted molar refractivity (Wildman–Crippen MR) is 78.2 cm³/mol. The van der Waals surface area contributed by atoms with E-state index in [1.165, 1.54) is 44.9 Å². The van der Waals surface area contributed by atoms with Crippen LogP contribution >= 0.6 is 0 Å². The number of aliphatic carboxylic acids is 1. The van der Waals surface area contributed by atoms with Gasteiger partial charge < -0.3 is 14.5 Å². The fourth-order valence-electron chi connectivity index (χ4n) is 1.75. The summed E-state index contributed by atoms with van der Waals surface area (Å²) in [5.74, 6) is -1.08. The number of carbonyl (C=O) groups is 1. The van der Waals surface area contributed by atoms with Gasteiger partial charge in [0.25, 0.3) is 0 Å². The number of carboxylic acid groups (broad SMARTS) is 1. The Labute approximate surface area is 206 Å². The van der Waals surface area contributed by atoms with Crippen LogP contribution in [0, 0.1) is 0 Å². The van der Waals surface area contributed by atoms with E-state index in [-0.39, 0.29) is 87.5 Å². The molecule has 0 aromatic carbocycles. The fourth-order valence-corrected chi connectivity index (χ4v) is 2.07. The number of hydrogen-bond donors (Lipinski definition) is 0. The summed E-state index contributed by atoms with van der Waals surface area (Å²) in [5, 5.41) is 8.89. The summed E-state index contributed by atoms with van der Waals surface area (Å²) in [6.45, 7) is 3.21. The molecule has 0 saturated heterocycles. The van der Waals surface area contributed by atoms with Gasteiger partial charge in [0.1, 0.15) is 0 Å². The Hall–Kier alpha value is 1.98. The molecule has 0 aliphatic rings. The monoisotopic (exact) mass is 386 g/mol. The standard InChI is InChI=1S/C12H26O4S.C2H4O2.K.Na/c1-2-3-4-5-6-7-8-9-10-11-12-16-17(13,14)15;1-2(3)4;;/h2-12H2,1H3,(H,13,14,15);1H3,(H,3,4);;/q;;2*+1/p-2. The largest absolute Gasteiger partial charge is 1.00 e. The first-order valence-corrected chi connectivity index (χ1v) is 8.90. The molecule has 9 heteroatoms. The van der Waals surface area contributed by atoms with Crippen LogP contribution in [-0.4, -0.2) is 25.5 Å². The van der Waals surface area contributed by atoms with Gasteiger partial charge in [0.15, 0.2) is 0 Å². The Kier molecular flexibility index (Phi) is 34.0. The van der Waals surface area contributed by atoms with Crippen molar-refractivity contribution in [3.05, 3.63) is 0 Å². The fraction of sp³-hybridized carbons (Fsp3) is 0.929. The molecule has 0 spiro atoms. The molecule has 6 nitrogen and oxygen atoms in total. The van der Waals surface area contributed by atoms with Crippen molar-refractivity contribution in [3.63, 3.8) is 0 Å². The molecule has 128 valence electrons. The van der Waals surface area contributed by atoms with Crippen LogP contribution in [0.4, 0.5) is 0 Å². The molecule has 0 bridgehead atoms. The molecule has 0 aromatic heterocycles. The number of rotatable bonds is 12. The number of unbranched alkanes of at least 4 members (excludes halogenated alkanes) is 9. The quantitative estimate of drug-likeness (QED) is 0.147. The Bertz CT molecular complexity index is 334. The van der Waals surface area contributed by atoms with Crippen molar-refractivity contribution in [2.45, 2.75) is 78.1 Å². The summed E-state index contributed by atoms with van der Waals surface area (Å²) in [4.78, 5) is 8.89. The first-order valence-electron chi connectivity index (χ1n) is 7.57. The first-order chi connectivity index (χ1) is 9.79. The van der Waals surface area contributed by atoms with Crippen molar-refractivity contribution in [1.29, 1.82) is 0 Å². The van der Waals surface area contributed by atoms with Gasteiger partial charge in [-0.2, -0.15) is 0 Å². The van der Waals surface area contributed by atoms with Gasteiger partial charge in [-0.05, 0) is 13.3 Å². The Morgan fingerprint density at radius 2 is 1.22 bits per heavy atom. The third kappa shape index (κ3) is 45.4. The smallest absolute Gasteiger partial charge is 0.726 e. The van der Waals surface area contributed by atoms with Gasteiger partial charge in [-0.25, -0.2) is 8.42 Å². The molecule has 0 aromatic rings. The maximum atomic E-state index is 10.1. The number of carbonyl (C=O) groups excluding carboxylic acids is 1. The van der Waals surface area contributed by atoms with E-state index in [1.54, 1.807) is 0 Å². The molecule has 0 radical (unpaired) electrons. The summed E-state index contributed by atoms with van der Waals surface area (Å²) >= 11 is 0. The molecule has 0 atom stereocenters. The van der Waals surface area contributed by atoms with Gasteiger partial charge >= 0.3 is 80.9 Å². The second kappa shape index (κ2) is 24.0. The third-order valence-electron chi connectivity index (χ3n) is 2.73. The summed E-state index contributed by atoms with van der Waals surface area (Å²) in [7, 11) is -4.48. The van der Waals surface area contributed by atoms with E-state index < -0.39 is 16.4 Å². The second-order valence-electron chi connectivity index (χ2n) is 4.90. The molecule has 0 fully saturated rings. The van der Waals surface area contributed by atoms with Crippen molar-refractivity contribution < 1.29 is 108 Å². The Balaban J connectivity index is -0.000000268. The van der Waals surface area contributed by atoms with E-state index >= 15 is 0 Å². The Morgan fingerprint density at radius 1 is 0.913 bits per heavy atom. The molecule has 0 rings (SSSR count). The van der Waals surface area contributed by atoms with Crippen LogP contribution in [0.5, 0.6) is 0 Å². The maximum absolute atomic E-state index is 10.1. The normalized spacial score (nSPS) is 9.87. The average Bonchev–Trinajstić information content (AvgIpc) is 2.34. The predicted octanol–water partition coefficient (Wildman–Crippen LogP) is -3.85. The Morgan fingerprint density at radius 3 is 1.52 bits per heavy atom. The van der Waals surface area contributed by atoms with Crippen molar-refractivity contribution in [1.82, 2.24) is 0 Å². The van der Waals surface area contributed by atoms with Gasteiger partial charge in [-0.3, -0.25) is 4.18 Å². The minimum atomic E-state index is -4.48. The molecule has 0 amide bonds. The van der Waals surface area contributed by atoms with Gasteiger partial charge in [0.05, 0.1) is 6.61 Å². The zero-order valence-corrected chi connectivity index (χ0v) is 21.1. The van der Waals surface area contributed by atoms with E-state index in [0.717, 1.165) is 19.8 Å². The van der Waals surface area contributed by atoms with Crippen LogP contribution in [0.25, 0.3) is 0 Å². The van der Waals surface area contributed by atoms with Crippen LogP contribution in [0.2, 0.25) is 0 Å². The summed E-state index contributed by atoms with van der Waals surface area (Å²) < 4.78 is 34.5. The zero-order valence-electron chi connectivity index (χ0n) is 15.1. The van der Waals surface area contributed by atoms with Crippen molar-refractivity contribution in [3.8, 4) is 0 Å². The van der Waals surface area contributed by atoms with E-state index in [0.29, 0.717) is 6.42 Å². The molecule has 0 aliphatic heterocycles. The molecule has 0 unspecified atom stereocenters. The summed E-state index contributed by atoms with van der Waals surface area (Å²) in [6, 6.07) is 0. The van der Waals surface area contributed by atoms with Crippen LogP contribution in [0.15, 0.2) is 0 Å². The molecule has 23 heavy (non-hydrogen) atoms. The van der Waals surface area contributed by atoms with Crippen LogP contribution in [0.1, 0.15) is 78.1 Å². The first kappa shape index (κ1) is 32.6. The summed E-state index contributed by atoms with van der Waals surface area (Å²) in [6.07, 6.45) is 11.7. The van der Waals surface area contributed by atoms with Gasteiger partial charge in [-0.15, -0.1) is 0 Å². The van der Waals surface area contributed by atoms with Gasteiger partial charge in [0.2, 0.25) is 10.4 Å². The van der Waals surface area contributed by atoms with Gasteiger partial charge in [-0.1, -0.05) is 64.7 Å². The van der Waals surface area contributed by atoms with Gasteiger partial charge in [0, 0.05) is 5.97 Å². The number of carboxylic acids is 1. The molecule has 0 saturated carbocycles. The van der Waals surface area contributed by atoms with E-state index in [4.69, 9.17) is 9.90 Å². The second-order valence-corrected chi connectivity index (χ2v) is 5.96. The summed E-state index contributed by atoms with van der Waals surface area (Å²) in [5.41, 5.74) is 0. The average molecular weight is 387 g/mol. The maximum Gasteiger partial charge on any atom is 1.00 e. The molecule has 0 heterocycles. The molecular formula is C14H28KNaO6S. The van der Waals surface area contributed by atoms with E-state index in [9.17, 15) is 13.0 Å². The minimum Gasteiger partial charge on any atom is -0.726 e. The van der Waals surface area contributed by atoms with Crippen molar-refractivity contribution in [2.24, 2.45) is 0 Å². The molecular weight excluding hydrogens is 358 g/mol. The van der Waals surface area contributed by atoms with Crippen LogP contribution < -0.4 is 86.0 Å². The van der Waals surface area contributed by atoms with E-state index in [2.05, 4.69) is 11.1 Å². The van der Waals surface area contributed by atoms with Crippen molar-refractivity contribution >= 4 is 16.4 Å². The SMILES string of the molecule is CC(=O)[O-].CCCCCCCCCCCCOS(=O)(=O)[O-].[K+].[Na+]. The van der Waals surface area contributed by atoms with Crippen molar-refractivity contribution in [2.75, 3.05) is 6.61 Å². The molecule has 0 aliphatic carbocycles.